The molecule has 1 saturated heterocycles. The lowest BCUT2D eigenvalue weighted by atomic mass is 10.1. The van der Waals surface area contributed by atoms with Crippen LogP contribution in [-0.2, 0) is 0 Å². The summed E-state index contributed by atoms with van der Waals surface area (Å²) in [5.74, 6) is 0. The summed E-state index contributed by atoms with van der Waals surface area (Å²) in [6.45, 7) is 7.74. The fraction of sp³-hybridized carbons (Fsp3) is 0.562. The van der Waals surface area contributed by atoms with Gasteiger partial charge in [-0.05, 0) is 38.3 Å². The molecule has 1 N–H and O–H groups in total. The molecule has 0 atom stereocenters. The highest BCUT2D eigenvalue weighted by Crippen LogP contribution is 2.23. The van der Waals surface area contributed by atoms with Crippen molar-refractivity contribution in [2.24, 2.45) is 0 Å². The van der Waals surface area contributed by atoms with Crippen molar-refractivity contribution in [3.8, 4) is 0 Å². The van der Waals surface area contributed by atoms with E-state index in [1.807, 2.05) is 4.90 Å². The molecule has 1 saturated carbocycles. The second kappa shape index (κ2) is 5.35. The maximum atomic E-state index is 12.0. The number of aryl methyl sites for hydroxylation is 2. The number of carbonyl (C=O) groups excluding carboxylic acids is 1. The molecule has 108 valence electrons. The molecule has 4 heteroatoms. The number of benzene rings is 1. The van der Waals surface area contributed by atoms with Gasteiger partial charge in [0, 0.05) is 37.9 Å². The highest BCUT2D eigenvalue weighted by atomic mass is 16.2. The van der Waals surface area contributed by atoms with E-state index in [1.54, 1.807) is 0 Å². The third-order valence-corrected chi connectivity index (χ3v) is 4.16. The van der Waals surface area contributed by atoms with E-state index >= 15 is 0 Å². The number of anilines is 1. The first-order chi connectivity index (χ1) is 9.63. The van der Waals surface area contributed by atoms with Crippen LogP contribution in [0.15, 0.2) is 18.2 Å². The molecule has 20 heavy (non-hydrogen) atoms. The second-order valence-electron chi connectivity index (χ2n) is 5.99. The van der Waals surface area contributed by atoms with E-state index in [2.05, 4.69) is 42.3 Å². The van der Waals surface area contributed by atoms with E-state index in [-0.39, 0.29) is 6.03 Å². The molecule has 0 unspecified atom stereocenters. The molecule has 0 spiro atoms. The smallest absolute Gasteiger partial charge is 0.317 e. The molecule has 1 heterocycles. The van der Waals surface area contributed by atoms with E-state index in [4.69, 9.17) is 0 Å². The van der Waals surface area contributed by atoms with Gasteiger partial charge in [0.1, 0.15) is 0 Å². The van der Waals surface area contributed by atoms with Crippen molar-refractivity contribution in [3.63, 3.8) is 0 Å². The summed E-state index contributed by atoms with van der Waals surface area (Å²) in [5, 5.41) is 3.07. The summed E-state index contributed by atoms with van der Waals surface area (Å²) in [6.07, 6.45) is 2.29. The predicted octanol–water partition coefficient (Wildman–Crippen LogP) is 2.30. The highest BCUT2D eigenvalue weighted by Gasteiger charge is 2.27. The number of rotatable bonds is 2. The van der Waals surface area contributed by atoms with Crippen LogP contribution in [0.1, 0.15) is 24.0 Å². The Morgan fingerprint density at radius 2 is 1.85 bits per heavy atom. The van der Waals surface area contributed by atoms with Crippen LogP contribution in [0.5, 0.6) is 0 Å². The molecule has 2 aliphatic rings. The molecule has 2 fully saturated rings. The molecule has 1 aliphatic heterocycles. The number of carbonyl (C=O) groups is 1. The lowest BCUT2D eigenvalue weighted by Gasteiger charge is -2.36. The monoisotopic (exact) mass is 273 g/mol. The summed E-state index contributed by atoms with van der Waals surface area (Å²) in [7, 11) is 0. The summed E-state index contributed by atoms with van der Waals surface area (Å²) in [5.41, 5.74) is 3.92. The molecule has 1 aromatic rings. The number of hydrogen-bond acceptors (Lipinski definition) is 2. The van der Waals surface area contributed by atoms with Gasteiger partial charge in [-0.2, -0.15) is 0 Å². The van der Waals surface area contributed by atoms with Crippen molar-refractivity contribution >= 4 is 11.7 Å². The van der Waals surface area contributed by atoms with Gasteiger partial charge in [0.15, 0.2) is 0 Å². The Balaban J connectivity index is 1.58. The van der Waals surface area contributed by atoms with Crippen molar-refractivity contribution in [2.75, 3.05) is 31.1 Å². The lowest BCUT2D eigenvalue weighted by molar-refractivity contribution is 0.194. The molecule has 0 radical (unpaired) electrons. The molecule has 0 aromatic heterocycles. The quantitative estimate of drug-likeness (QED) is 0.897. The fourth-order valence-electron chi connectivity index (χ4n) is 2.80. The SMILES string of the molecule is Cc1ccc(N2CCN(C(=O)NC3CC3)CC2)c(C)c1. The molecule has 4 nitrogen and oxygen atoms in total. The number of piperazine rings is 1. The largest absolute Gasteiger partial charge is 0.368 e. The fourth-order valence-corrected chi connectivity index (χ4v) is 2.80. The number of urea groups is 1. The van der Waals surface area contributed by atoms with Crippen molar-refractivity contribution in [1.82, 2.24) is 10.2 Å². The van der Waals surface area contributed by atoms with Gasteiger partial charge in [-0.1, -0.05) is 17.7 Å². The van der Waals surface area contributed by atoms with Crippen LogP contribution in [-0.4, -0.2) is 43.2 Å². The topological polar surface area (TPSA) is 35.6 Å². The van der Waals surface area contributed by atoms with Crippen LogP contribution in [0.25, 0.3) is 0 Å². The van der Waals surface area contributed by atoms with Crippen molar-refractivity contribution in [2.45, 2.75) is 32.7 Å². The van der Waals surface area contributed by atoms with Crippen LogP contribution in [0.3, 0.4) is 0 Å². The van der Waals surface area contributed by atoms with Gasteiger partial charge < -0.3 is 15.1 Å². The minimum Gasteiger partial charge on any atom is -0.368 e. The number of amides is 2. The van der Waals surface area contributed by atoms with Crippen molar-refractivity contribution < 1.29 is 4.79 Å². The molecule has 1 aliphatic carbocycles. The second-order valence-corrected chi connectivity index (χ2v) is 5.99. The van der Waals surface area contributed by atoms with Gasteiger partial charge in [-0.15, -0.1) is 0 Å². The minimum atomic E-state index is 0.118. The molecule has 1 aromatic carbocycles. The third kappa shape index (κ3) is 2.89. The molecule has 2 amide bonds. The standard InChI is InChI=1S/C16H23N3O/c1-12-3-6-15(13(2)11-12)18-7-9-19(10-8-18)16(20)17-14-4-5-14/h3,6,11,14H,4-5,7-10H2,1-2H3,(H,17,20). The Hall–Kier alpha value is -1.71. The zero-order chi connectivity index (χ0) is 14.1. The Labute approximate surface area is 120 Å². The molecular formula is C16H23N3O. The Kier molecular flexibility index (Phi) is 3.55. The van der Waals surface area contributed by atoms with Gasteiger partial charge in [0.2, 0.25) is 0 Å². The van der Waals surface area contributed by atoms with E-state index in [0.717, 1.165) is 39.0 Å². The predicted molar refractivity (Wildman–Crippen MR) is 81.3 cm³/mol. The van der Waals surface area contributed by atoms with Gasteiger partial charge in [-0.25, -0.2) is 4.79 Å². The van der Waals surface area contributed by atoms with E-state index < -0.39 is 0 Å². The zero-order valence-corrected chi connectivity index (χ0v) is 12.4. The molecule has 3 rings (SSSR count). The normalized spacial score (nSPS) is 19.1. The van der Waals surface area contributed by atoms with Gasteiger partial charge in [-0.3, -0.25) is 0 Å². The summed E-state index contributed by atoms with van der Waals surface area (Å²) < 4.78 is 0. The van der Waals surface area contributed by atoms with Crippen molar-refractivity contribution in [3.05, 3.63) is 29.3 Å². The Morgan fingerprint density at radius 3 is 2.45 bits per heavy atom. The van der Waals surface area contributed by atoms with Crippen molar-refractivity contribution in [1.29, 1.82) is 0 Å². The van der Waals surface area contributed by atoms with Crippen LogP contribution >= 0.6 is 0 Å². The summed E-state index contributed by atoms with van der Waals surface area (Å²) >= 11 is 0. The first-order valence-electron chi connectivity index (χ1n) is 7.51. The Bertz CT molecular complexity index is 502. The number of nitrogens with zero attached hydrogens (tertiary/aromatic N) is 2. The average molecular weight is 273 g/mol. The van der Waals surface area contributed by atoms with Gasteiger partial charge in [0.05, 0.1) is 0 Å². The van der Waals surface area contributed by atoms with Gasteiger partial charge >= 0.3 is 6.03 Å². The van der Waals surface area contributed by atoms with E-state index in [9.17, 15) is 4.79 Å². The maximum absolute atomic E-state index is 12.0. The maximum Gasteiger partial charge on any atom is 0.317 e. The number of nitrogens with one attached hydrogen (secondary N) is 1. The highest BCUT2D eigenvalue weighted by molar-refractivity contribution is 5.75. The Morgan fingerprint density at radius 1 is 1.15 bits per heavy atom. The first kappa shape index (κ1) is 13.3. The average Bonchev–Trinajstić information content (AvgIpc) is 3.23. The van der Waals surface area contributed by atoms with E-state index in [1.165, 1.54) is 16.8 Å². The first-order valence-corrected chi connectivity index (χ1v) is 7.51. The van der Waals surface area contributed by atoms with Crippen LogP contribution < -0.4 is 10.2 Å². The third-order valence-electron chi connectivity index (χ3n) is 4.16. The van der Waals surface area contributed by atoms with Crippen LogP contribution in [0.4, 0.5) is 10.5 Å². The van der Waals surface area contributed by atoms with Crippen LogP contribution in [0.2, 0.25) is 0 Å². The van der Waals surface area contributed by atoms with Crippen LogP contribution in [0, 0.1) is 13.8 Å². The summed E-state index contributed by atoms with van der Waals surface area (Å²) in [6, 6.07) is 7.15. The molecular weight excluding hydrogens is 250 g/mol. The summed E-state index contributed by atoms with van der Waals surface area (Å²) in [4.78, 5) is 16.3. The molecule has 0 bridgehead atoms. The van der Waals surface area contributed by atoms with E-state index in [0.29, 0.717) is 6.04 Å². The minimum absolute atomic E-state index is 0.118. The zero-order valence-electron chi connectivity index (χ0n) is 12.4. The number of hydrogen-bond donors (Lipinski definition) is 1. The lowest BCUT2D eigenvalue weighted by Crippen LogP contribution is -2.52. The van der Waals surface area contributed by atoms with Gasteiger partial charge in [0.25, 0.3) is 0 Å².